The Morgan fingerprint density at radius 3 is 2.47 bits per heavy atom. The predicted molar refractivity (Wildman–Crippen MR) is 126 cm³/mol. The maximum absolute atomic E-state index is 12.5. The lowest BCUT2D eigenvalue weighted by molar-refractivity contribution is 0.0325. The summed E-state index contributed by atoms with van der Waals surface area (Å²) in [6, 6.07) is 6.36. The molecule has 1 unspecified atom stereocenters. The Labute approximate surface area is 185 Å². The lowest BCUT2D eigenvalue weighted by Gasteiger charge is -2.37. The molecular weight excluding hydrogens is 394 g/mol. The van der Waals surface area contributed by atoms with E-state index in [1.165, 1.54) is 24.8 Å². The van der Waals surface area contributed by atoms with Crippen LogP contribution in [0.15, 0.2) is 22.6 Å². The molecule has 0 heterocycles. The smallest absolute Gasteiger partial charge is 0.144 e. The van der Waals surface area contributed by atoms with Crippen LogP contribution in [-0.4, -0.2) is 35.0 Å². The van der Waals surface area contributed by atoms with Crippen LogP contribution >= 0.6 is 0 Å². The number of rotatable bonds is 8. The summed E-state index contributed by atoms with van der Waals surface area (Å²) in [4.78, 5) is 0. The molecule has 1 aromatic carbocycles. The molecule has 5 heteroatoms. The van der Waals surface area contributed by atoms with Crippen molar-refractivity contribution in [2.45, 2.75) is 89.9 Å². The molecule has 0 bridgehead atoms. The van der Waals surface area contributed by atoms with Crippen LogP contribution in [0, 0.1) is 11.3 Å². The maximum atomic E-state index is 12.5. The van der Waals surface area contributed by atoms with E-state index in [1.807, 2.05) is 27.9 Å². The van der Waals surface area contributed by atoms with Crippen molar-refractivity contribution >= 4 is 17.2 Å². The van der Waals surface area contributed by atoms with Crippen LogP contribution in [0.25, 0.3) is 0 Å². The number of nitrogens with zero attached hydrogens (tertiary/aromatic N) is 1. The number of benzene rings is 1. The van der Waals surface area contributed by atoms with Crippen molar-refractivity contribution in [3.63, 3.8) is 0 Å². The number of methoxy groups -OCH3 is 1. The highest BCUT2D eigenvalue weighted by Crippen LogP contribution is 2.40. The van der Waals surface area contributed by atoms with Gasteiger partial charge in [-0.3, -0.25) is 0 Å². The van der Waals surface area contributed by atoms with Gasteiger partial charge in [-0.1, -0.05) is 19.4 Å². The third kappa shape index (κ3) is 6.40. The fraction of sp³-hybridized carbons (Fsp3) is 0.720. The normalized spacial score (nSPS) is 26.5. The summed E-state index contributed by atoms with van der Waals surface area (Å²) in [6.45, 7) is 9.03. The second-order valence-electron chi connectivity index (χ2n) is 10.5. The summed E-state index contributed by atoms with van der Waals surface area (Å²) in [6.07, 6.45) is 11.6. The third-order valence-electron chi connectivity index (χ3n) is 6.73. The van der Waals surface area contributed by atoms with Gasteiger partial charge in [0.1, 0.15) is 16.7 Å². The molecule has 30 heavy (non-hydrogen) atoms. The summed E-state index contributed by atoms with van der Waals surface area (Å²) < 4.78 is 28.2. The average Bonchev–Trinajstić information content (AvgIpc) is 2.66. The second kappa shape index (κ2) is 9.95. The van der Waals surface area contributed by atoms with Crippen LogP contribution in [0.4, 0.5) is 0 Å². The zero-order chi connectivity index (χ0) is 21.8. The molecule has 0 saturated heterocycles. The molecule has 168 valence electrons. The first-order chi connectivity index (χ1) is 14.2. The van der Waals surface area contributed by atoms with E-state index in [0.717, 1.165) is 50.0 Å². The molecule has 0 spiro atoms. The third-order valence-corrected chi connectivity index (χ3v) is 8.07. The summed E-state index contributed by atoms with van der Waals surface area (Å²) >= 11 is 0. The van der Waals surface area contributed by atoms with Crippen LogP contribution in [0.5, 0.6) is 5.75 Å². The van der Waals surface area contributed by atoms with Crippen LogP contribution in [-0.2, 0) is 22.1 Å². The first-order valence-corrected chi connectivity index (χ1v) is 12.5. The maximum Gasteiger partial charge on any atom is 0.144 e. The van der Waals surface area contributed by atoms with Gasteiger partial charge in [-0.25, -0.2) is 4.21 Å². The van der Waals surface area contributed by atoms with Gasteiger partial charge in [0.25, 0.3) is 0 Å². The summed E-state index contributed by atoms with van der Waals surface area (Å²) in [5.41, 5.74) is 2.56. The fourth-order valence-corrected chi connectivity index (χ4v) is 4.77. The number of hydrogen-bond donors (Lipinski definition) is 0. The Morgan fingerprint density at radius 1 is 1.20 bits per heavy atom. The van der Waals surface area contributed by atoms with Crippen molar-refractivity contribution in [3.05, 3.63) is 29.3 Å². The molecule has 2 aliphatic carbocycles. The van der Waals surface area contributed by atoms with E-state index < -0.39 is 11.0 Å². The van der Waals surface area contributed by atoms with Gasteiger partial charge in [-0.15, -0.1) is 0 Å². The number of hydrogen-bond acceptors (Lipinski definition) is 3. The Hall–Kier alpha value is -1.20. The van der Waals surface area contributed by atoms with Crippen molar-refractivity contribution < 1.29 is 13.7 Å². The minimum absolute atomic E-state index is 0.259. The van der Waals surface area contributed by atoms with E-state index in [0.29, 0.717) is 12.0 Å². The Kier molecular flexibility index (Phi) is 7.78. The molecule has 0 amide bonds. The van der Waals surface area contributed by atoms with Crippen molar-refractivity contribution in [2.24, 2.45) is 15.7 Å². The molecular formula is C25H39NO3S. The molecule has 2 aliphatic rings. The van der Waals surface area contributed by atoms with E-state index in [-0.39, 0.29) is 10.2 Å². The average molecular weight is 434 g/mol. The quantitative estimate of drug-likeness (QED) is 0.481. The summed E-state index contributed by atoms with van der Waals surface area (Å²) in [5, 5.41) is 0. The van der Waals surface area contributed by atoms with Crippen LogP contribution < -0.4 is 4.74 Å². The molecule has 1 aromatic rings. The highest BCUT2D eigenvalue weighted by atomic mass is 32.2. The molecule has 2 fully saturated rings. The van der Waals surface area contributed by atoms with E-state index in [9.17, 15) is 4.21 Å². The lowest BCUT2D eigenvalue weighted by atomic mass is 9.70. The molecule has 2 saturated carbocycles. The minimum atomic E-state index is -1.27. The number of ether oxygens (including phenoxy) is 2. The zero-order valence-corrected chi connectivity index (χ0v) is 20.2. The van der Waals surface area contributed by atoms with E-state index >= 15 is 0 Å². The van der Waals surface area contributed by atoms with E-state index in [4.69, 9.17) is 9.47 Å². The topological polar surface area (TPSA) is 47.9 Å². The van der Waals surface area contributed by atoms with Gasteiger partial charge in [0.2, 0.25) is 0 Å². The van der Waals surface area contributed by atoms with Gasteiger partial charge in [0.05, 0.1) is 17.5 Å². The van der Waals surface area contributed by atoms with Crippen LogP contribution in [0.1, 0.15) is 83.8 Å². The zero-order valence-electron chi connectivity index (χ0n) is 19.4. The SMILES string of the molecule is COC1CCC(C)(Cc2ccc(OCC3CCC3)cc2C=NS(=O)C(C)(C)C)CC1. The lowest BCUT2D eigenvalue weighted by Crippen LogP contribution is -2.30. The monoisotopic (exact) mass is 433 g/mol. The highest BCUT2D eigenvalue weighted by molar-refractivity contribution is 7.85. The Balaban J connectivity index is 1.77. The van der Waals surface area contributed by atoms with E-state index in [2.05, 4.69) is 29.5 Å². The largest absolute Gasteiger partial charge is 0.493 e. The Bertz CT molecular complexity index is 756. The second-order valence-corrected chi connectivity index (χ2v) is 12.4. The van der Waals surface area contributed by atoms with Crippen molar-refractivity contribution in [3.8, 4) is 5.75 Å². The van der Waals surface area contributed by atoms with Gasteiger partial charge < -0.3 is 9.47 Å². The molecule has 0 aliphatic heterocycles. The molecule has 0 aromatic heterocycles. The molecule has 3 rings (SSSR count). The minimum Gasteiger partial charge on any atom is -0.493 e. The van der Waals surface area contributed by atoms with Gasteiger partial charge in [-0.2, -0.15) is 4.40 Å². The molecule has 4 nitrogen and oxygen atoms in total. The fourth-order valence-electron chi connectivity index (χ4n) is 4.24. The van der Waals surface area contributed by atoms with Crippen LogP contribution in [0.3, 0.4) is 0 Å². The van der Waals surface area contributed by atoms with Gasteiger partial charge in [0, 0.05) is 18.9 Å². The van der Waals surface area contributed by atoms with Gasteiger partial charge in [0.15, 0.2) is 0 Å². The standard InChI is InChI=1S/C25H39NO3S/c1-24(2,3)30(27)26-17-21-15-23(29-18-19-7-6-8-19)10-9-20(21)16-25(4)13-11-22(28-5)12-14-25/h9-10,15,17,19,22H,6-8,11-14,16,18H2,1-5H3. The van der Waals surface area contributed by atoms with Crippen molar-refractivity contribution in [2.75, 3.05) is 13.7 Å². The predicted octanol–water partition coefficient (Wildman–Crippen LogP) is 5.88. The van der Waals surface area contributed by atoms with Crippen LogP contribution in [0.2, 0.25) is 0 Å². The van der Waals surface area contributed by atoms with Gasteiger partial charge >= 0.3 is 0 Å². The molecule has 1 atom stereocenters. The first-order valence-electron chi connectivity index (χ1n) is 11.4. The summed E-state index contributed by atoms with van der Waals surface area (Å²) in [5.74, 6) is 1.59. The van der Waals surface area contributed by atoms with Gasteiger partial charge in [-0.05, 0) is 94.7 Å². The Morgan fingerprint density at radius 2 is 1.90 bits per heavy atom. The highest BCUT2D eigenvalue weighted by Gasteiger charge is 2.32. The van der Waals surface area contributed by atoms with Crippen molar-refractivity contribution in [1.29, 1.82) is 0 Å². The molecule has 0 radical (unpaired) electrons. The first kappa shape index (κ1) is 23.5. The summed E-state index contributed by atoms with van der Waals surface area (Å²) in [7, 11) is 0.552. The van der Waals surface area contributed by atoms with Crippen molar-refractivity contribution in [1.82, 2.24) is 0 Å². The van der Waals surface area contributed by atoms with E-state index in [1.54, 1.807) is 6.21 Å². The molecule has 0 N–H and O–H groups in total.